The van der Waals surface area contributed by atoms with Gasteiger partial charge in [-0.3, -0.25) is 0 Å². The molecule has 0 aliphatic carbocycles. The molecule has 0 aliphatic heterocycles. The van der Waals surface area contributed by atoms with Crippen LogP contribution in [0.5, 0.6) is 0 Å². The Morgan fingerprint density at radius 1 is 0.684 bits per heavy atom. The Balaban J connectivity index is 2.52. The Morgan fingerprint density at radius 3 is 1.47 bits per heavy atom. The van der Waals surface area contributed by atoms with Gasteiger partial charge in [-0.15, -0.1) is 0 Å². The molecule has 0 unspecified atom stereocenters. The molecular formula is C12H10B2O5. The average molecular weight is 256 g/mol. The monoisotopic (exact) mass is 256 g/mol. The van der Waals surface area contributed by atoms with Crippen LogP contribution in [0.15, 0.2) is 40.8 Å². The van der Waals surface area contributed by atoms with Crippen LogP contribution in [0.25, 0.3) is 21.9 Å². The van der Waals surface area contributed by atoms with Gasteiger partial charge in [-0.25, -0.2) is 0 Å². The maximum atomic E-state index is 9.42. The molecule has 0 spiro atoms. The lowest BCUT2D eigenvalue weighted by Crippen LogP contribution is -2.33. The molecule has 0 radical (unpaired) electrons. The summed E-state index contributed by atoms with van der Waals surface area (Å²) in [7, 11) is -3.32. The highest BCUT2D eigenvalue weighted by Crippen LogP contribution is 2.26. The van der Waals surface area contributed by atoms with Crippen LogP contribution >= 0.6 is 0 Å². The van der Waals surface area contributed by atoms with Gasteiger partial charge in [0.25, 0.3) is 0 Å². The van der Waals surface area contributed by atoms with E-state index in [1.54, 1.807) is 36.4 Å². The van der Waals surface area contributed by atoms with Crippen molar-refractivity contribution in [1.82, 2.24) is 0 Å². The van der Waals surface area contributed by atoms with Gasteiger partial charge >= 0.3 is 14.2 Å². The van der Waals surface area contributed by atoms with Crippen molar-refractivity contribution >= 4 is 47.1 Å². The second-order valence-corrected chi connectivity index (χ2v) is 4.29. The highest BCUT2D eigenvalue weighted by molar-refractivity contribution is 6.66. The van der Waals surface area contributed by atoms with Crippen LogP contribution < -0.4 is 10.9 Å². The van der Waals surface area contributed by atoms with E-state index in [2.05, 4.69) is 0 Å². The molecule has 5 nitrogen and oxygen atoms in total. The summed E-state index contributed by atoms with van der Waals surface area (Å²) in [5.74, 6) is 0. The zero-order chi connectivity index (χ0) is 13.6. The summed E-state index contributed by atoms with van der Waals surface area (Å²) < 4.78 is 5.59. The van der Waals surface area contributed by atoms with Crippen molar-refractivity contribution in [2.24, 2.45) is 0 Å². The van der Waals surface area contributed by atoms with E-state index in [0.717, 1.165) is 0 Å². The molecule has 3 aromatic rings. The molecule has 4 N–H and O–H groups in total. The van der Waals surface area contributed by atoms with Crippen molar-refractivity contribution in [3.63, 3.8) is 0 Å². The van der Waals surface area contributed by atoms with E-state index < -0.39 is 14.2 Å². The first-order valence-corrected chi connectivity index (χ1v) is 5.76. The van der Waals surface area contributed by atoms with Crippen LogP contribution in [0.3, 0.4) is 0 Å². The van der Waals surface area contributed by atoms with Crippen molar-refractivity contribution in [1.29, 1.82) is 0 Å². The molecule has 0 atom stereocenters. The lowest BCUT2D eigenvalue weighted by atomic mass is 9.73. The zero-order valence-electron chi connectivity index (χ0n) is 9.82. The average Bonchev–Trinajstić information content (AvgIpc) is 2.76. The fraction of sp³-hybridized carbons (Fsp3) is 0. The maximum Gasteiger partial charge on any atom is 0.489 e. The minimum atomic E-state index is -1.66. The molecule has 0 aliphatic rings. The Labute approximate surface area is 109 Å². The third kappa shape index (κ3) is 1.84. The second kappa shape index (κ2) is 4.40. The summed E-state index contributed by atoms with van der Waals surface area (Å²) in [6.45, 7) is 0. The van der Waals surface area contributed by atoms with E-state index >= 15 is 0 Å². The van der Waals surface area contributed by atoms with Gasteiger partial charge in [0.15, 0.2) is 0 Å². The molecule has 0 fully saturated rings. The molecular weight excluding hydrogens is 246 g/mol. The van der Waals surface area contributed by atoms with Crippen molar-refractivity contribution in [2.45, 2.75) is 0 Å². The Hall–Kier alpha value is -1.79. The molecule has 0 amide bonds. The topological polar surface area (TPSA) is 94.1 Å². The Bertz CT molecular complexity index is 688. The fourth-order valence-corrected chi connectivity index (χ4v) is 2.35. The quantitative estimate of drug-likeness (QED) is 0.439. The first-order chi connectivity index (χ1) is 9.09. The number of rotatable bonds is 2. The Morgan fingerprint density at radius 2 is 1.11 bits per heavy atom. The van der Waals surface area contributed by atoms with Crippen LogP contribution in [0, 0.1) is 0 Å². The molecule has 1 aromatic heterocycles. The van der Waals surface area contributed by atoms with Gasteiger partial charge in [0, 0.05) is 10.8 Å². The summed E-state index contributed by atoms with van der Waals surface area (Å²) in [6.07, 6.45) is 0. The molecule has 3 rings (SSSR count). The van der Waals surface area contributed by atoms with Gasteiger partial charge in [-0.05, 0) is 23.1 Å². The zero-order valence-corrected chi connectivity index (χ0v) is 9.82. The van der Waals surface area contributed by atoms with Gasteiger partial charge in [-0.1, -0.05) is 24.3 Å². The number of hydrogen-bond donors (Lipinski definition) is 4. The molecule has 1 heterocycles. The third-order valence-corrected chi connectivity index (χ3v) is 3.14. The lowest BCUT2D eigenvalue weighted by Gasteiger charge is -2.04. The summed E-state index contributed by atoms with van der Waals surface area (Å²) in [5, 5.41) is 38.6. The number of fused-ring (bicyclic) bond motifs is 3. The highest BCUT2D eigenvalue weighted by Gasteiger charge is 2.23. The van der Waals surface area contributed by atoms with Crippen molar-refractivity contribution in [3.8, 4) is 0 Å². The van der Waals surface area contributed by atoms with Crippen LogP contribution in [0.1, 0.15) is 0 Å². The van der Waals surface area contributed by atoms with Gasteiger partial charge in [0.1, 0.15) is 11.2 Å². The van der Waals surface area contributed by atoms with E-state index in [1.807, 2.05) is 0 Å². The molecule has 0 bridgehead atoms. The van der Waals surface area contributed by atoms with E-state index in [0.29, 0.717) is 21.9 Å². The van der Waals surface area contributed by atoms with E-state index in [-0.39, 0.29) is 10.9 Å². The summed E-state index contributed by atoms with van der Waals surface area (Å²) in [5.41, 5.74) is 1.47. The lowest BCUT2D eigenvalue weighted by molar-refractivity contribution is 0.424. The molecule has 7 heteroatoms. The molecule has 19 heavy (non-hydrogen) atoms. The molecule has 0 saturated carbocycles. The van der Waals surface area contributed by atoms with Gasteiger partial charge < -0.3 is 24.5 Å². The van der Waals surface area contributed by atoms with Crippen LogP contribution in [-0.2, 0) is 0 Å². The minimum Gasteiger partial charge on any atom is -0.456 e. The normalized spacial score (nSPS) is 11.2. The first-order valence-electron chi connectivity index (χ1n) is 5.76. The first kappa shape index (κ1) is 12.3. The van der Waals surface area contributed by atoms with Crippen LogP contribution in [0.4, 0.5) is 0 Å². The van der Waals surface area contributed by atoms with Crippen LogP contribution in [0.2, 0.25) is 0 Å². The minimum absolute atomic E-state index is 0.268. The molecule has 94 valence electrons. The van der Waals surface area contributed by atoms with Crippen LogP contribution in [-0.4, -0.2) is 34.3 Å². The van der Waals surface area contributed by atoms with Gasteiger partial charge in [0.05, 0.1) is 0 Å². The number of furan rings is 1. The fourth-order valence-electron chi connectivity index (χ4n) is 2.35. The van der Waals surface area contributed by atoms with E-state index in [9.17, 15) is 20.1 Å². The summed E-state index contributed by atoms with van der Waals surface area (Å²) >= 11 is 0. The van der Waals surface area contributed by atoms with Gasteiger partial charge in [0.2, 0.25) is 0 Å². The van der Waals surface area contributed by atoms with Crippen molar-refractivity contribution in [2.75, 3.05) is 0 Å². The SMILES string of the molecule is OB(O)c1cccc2oc3cccc(B(O)O)c3c12. The molecule has 2 aromatic carbocycles. The maximum absolute atomic E-state index is 9.42. The van der Waals surface area contributed by atoms with E-state index in [4.69, 9.17) is 4.42 Å². The number of benzene rings is 2. The summed E-state index contributed by atoms with van der Waals surface area (Å²) in [6, 6.07) is 9.79. The van der Waals surface area contributed by atoms with Crippen molar-refractivity contribution in [3.05, 3.63) is 36.4 Å². The predicted octanol–water partition coefficient (Wildman–Crippen LogP) is -1.05. The summed E-state index contributed by atoms with van der Waals surface area (Å²) in [4.78, 5) is 0. The standard InChI is InChI=1S/C12H10B2O5/c15-13(16)7-3-1-5-9-11(7)12-8(14(17)18)4-2-6-10(12)19-9/h1-6,15-18H. The largest absolute Gasteiger partial charge is 0.489 e. The highest BCUT2D eigenvalue weighted by atomic mass is 16.4. The van der Waals surface area contributed by atoms with Crippen molar-refractivity contribution < 1.29 is 24.5 Å². The Kier molecular flexibility index (Phi) is 2.83. The van der Waals surface area contributed by atoms with E-state index in [1.165, 1.54) is 0 Å². The predicted molar refractivity (Wildman–Crippen MR) is 73.4 cm³/mol. The third-order valence-electron chi connectivity index (χ3n) is 3.14. The van der Waals surface area contributed by atoms with Gasteiger partial charge in [-0.2, -0.15) is 0 Å². The smallest absolute Gasteiger partial charge is 0.456 e. The molecule has 0 saturated heterocycles. The second-order valence-electron chi connectivity index (χ2n) is 4.29. The number of hydrogen-bond acceptors (Lipinski definition) is 5.